The third-order valence-electron chi connectivity index (χ3n) is 9.71. The molecule has 2 aliphatic carbocycles. The lowest BCUT2D eigenvalue weighted by atomic mass is 9.92. The van der Waals surface area contributed by atoms with E-state index in [1.807, 2.05) is 42.5 Å². The predicted molar refractivity (Wildman–Crippen MR) is 193 cm³/mol. The number of allylic oxidation sites excluding steroid dienone is 1. The Balaban J connectivity index is 1.40. The first-order valence-corrected chi connectivity index (χ1v) is 19.6. The number of thiocarbonyl (C=S) groups is 1. The molecule has 5 rings (SSSR count). The monoisotopic (exact) mass is 729 g/mol. The number of amides is 4. The van der Waals surface area contributed by atoms with Gasteiger partial charge in [-0.05, 0) is 49.5 Å². The van der Waals surface area contributed by atoms with Gasteiger partial charge < -0.3 is 25.2 Å². The molecule has 274 valence electrons. The number of hydrogen-bond donors (Lipinski definition) is 3. The fourth-order valence-corrected chi connectivity index (χ4v) is 8.67. The highest BCUT2D eigenvalue weighted by Gasteiger charge is 2.62. The molecule has 1 saturated heterocycles. The first kappa shape index (κ1) is 37.7. The molecule has 0 bridgehead atoms. The second-order valence-electron chi connectivity index (χ2n) is 15.5. The van der Waals surface area contributed by atoms with E-state index in [1.54, 1.807) is 7.05 Å². The van der Waals surface area contributed by atoms with Crippen molar-refractivity contribution in [2.45, 2.75) is 121 Å². The quantitative estimate of drug-likeness (QED) is 0.267. The van der Waals surface area contributed by atoms with Crippen LogP contribution >= 0.6 is 12.2 Å². The van der Waals surface area contributed by atoms with Gasteiger partial charge in [-0.1, -0.05) is 88.3 Å². The smallest absolute Gasteiger partial charge is 0.410 e. The minimum Gasteiger partial charge on any atom is -0.444 e. The van der Waals surface area contributed by atoms with Crippen molar-refractivity contribution in [1.29, 1.82) is 0 Å². The van der Waals surface area contributed by atoms with Crippen LogP contribution in [-0.4, -0.2) is 89.6 Å². The summed E-state index contributed by atoms with van der Waals surface area (Å²) in [7, 11) is -2.24. The topological polar surface area (TPSA) is 154 Å². The standard InChI is InChI=1S/C36H51N5O7S2/c1-35(2,3)21-30(49)37-28-16-12-7-5-6-11-15-25-20-36(25,33(44)39-50(46,47)27-17-18-27)38-31(42)29-19-26(23-41(29)32(28)43)48-34(45)40(4)22-24-13-9-8-10-14-24/h8-11,13-15,25-29H,5-7,12,16-23H2,1-4H3,(H,37,49)(H,38,42)(H,39,44)/b15-11-/t25-,26-,28+,29+,36-/m1/s1. The number of carbonyl (C=O) groups is 4. The van der Waals surface area contributed by atoms with Crippen LogP contribution in [0.15, 0.2) is 42.5 Å². The number of sulfonamides is 1. The molecule has 0 unspecified atom stereocenters. The second-order valence-corrected chi connectivity index (χ2v) is 17.9. The number of benzene rings is 1. The van der Waals surface area contributed by atoms with Gasteiger partial charge in [-0.2, -0.15) is 0 Å². The van der Waals surface area contributed by atoms with Crippen LogP contribution in [0.1, 0.15) is 90.5 Å². The third kappa shape index (κ3) is 9.62. The molecule has 1 aromatic carbocycles. The van der Waals surface area contributed by atoms with Crippen LogP contribution in [0.4, 0.5) is 4.79 Å². The van der Waals surface area contributed by atoms with E-state index in [9.17, 15) is 27.6 Å². The van der Waals surface area contributed by atoms with Gasteiger partial charge in [0.05, 0.1) is 16.8 Å². The molecule has 4 amide bonds. The Morgan fingerprint density at radius 3 is 2.50 bits per heavy atom. The van der Waals surface area contributed by atoms with E-state index in [0.717, 1.165) is 31.2 Å². The molecule has 0 aromatic heterocycles. The largest absolute Gasteiger partial charge is 0.444 e. The maximum atomic E-state index is 14.4. The van der Waals surface area contributed by atoms with Crippen LogP contribution in [0.2, 0.25) is 0 Å². The van der Waals surface area contributed by atoms with E-state index in [1.165, 1.54) is 9.80 Å². The summed E-state index contributed by atoms with van der Waals surface area (Å²) >= 11 is 5.68. The SMILES string of the molecule is CN(Cc1ccccc1)C(=O)O[C@@H]1C[C@H]2C(=O)N[C@]3(C(=O)NS(=O)(=O)C4CC4)C[C@H]3/C=C\CCCCC[C@H](NC(=S)CC(C)(C)C)C(=O)N2C1. The summed E-state index contributed by atoms with van der Waals surface area (Å²) in [6.45, 7) is 6.48. The maximum absolute atomic E-state index is 14.4. The van der Waals surface area contributed by atoms with Crippen LogP contribution in [0.3, 0.4) is 0 Å². The minimum atomic E-state index is -3.86. The molecule has 14 heteroatoms. The predicted octanol–water partition coefficient (Wildman–Crippen LogP) is 3.95. The van der Waals surface area contributed by atoms with E-state index in [4.69, 9.17) is 17.0 Å². The van der Waals surface area contributed by atoms with Crippen molar-refractivity contribution in [2.24, 2.45) is 11.3 Å². The van der Waals surface area contributed by atoms with E-state index in [2.05, 4.69) is 36.1 Å². The highest BCUT2D eigenvalue weighted by molar-refractivity contribution is 7.91. The van der Waals surface area contributed by atoms with Gasteiger partial charge in [-0.15, -0.1) is 0 Å². The van der Waals surface area contributed by atoms with Crippen molar-refractivity contribution in [1.82, 2.24) is 25.2 Å². The first-order valence-electron chi connectivity index (χ1n) is 17.7. The number of hydrogen-bond acceptors (Lipinski definition) is 8. The molecular formula is C36H51N5O7S2. The van der Waals surface area contributed by atoms with Gasteiger partial charge in [-0.3, -0.25) is 19.1 Å². The average molecular weight is 730 g/mol. The number of ether oxygens (including phenoxy) is 1. The Morgan fingerprint density at radius 2 is 1.82 bits per heavy atom. The Bertz CT molecular complexity index is 1590. The summed E-state index contributed by atoms with van der Waals surface area (Å²) in [5, 5.41) is 5.54. The van der Waals surface area contributed by atoms with Gasteiger partial charge in [0.25, 0.3) is 5.91 Å². The molecule has 2 saturated carbocycles. The van der Waals surface area contributed by atoms with Crippen LogP contribution in [0, 0.1) is 11.3 Å². The molecule has 1 aromatic rings. The Hall–Kier alpha value is -3.52. The van der Waals surface area contributed by atoms with Crippen LogP contribution in [0.5, 0.6) is 0 Å². The average Bonchev–Trinajstić information content (AvgIpc) is 3.96. The van der Waals surface area contributed by atoms with Crippen molar-refractivity contribution in [3.05, 3.63) is 48.0 Å². The zero-order chi connectivity index (χ0) is 36.3. The number of carbonyl (C=O) groups excluding carboxylic acids is 4. The molecule has 50 heavy (non-hydrogen) atoms. The number of fused-ring (bicyclic) bond motifs is 2. The van der Waals surface area contributed by atoms with Gasteiger partial charge in [0.15, 0.2) is 0 Å². The van der Waals surface area contributed by atoms with Crippen molar-refractivity contribution >= 4 is 51.0 Å². The maximum Gasteiger partial charge on any atom is 0.410 e. The van der Waals surface area contributed by atoms with Gasteiger partial charge in [0, 0.05) is 32.4 Å². The second kappa shape index (κ2) is 15.4. The van der Waals surface area contributed by atoms with Crippen molar-refractivity contribution in [2.75, 3.05) is 13.6 Å². The molecule has 3 fully saturated rings. The number of rotatable bonds is 8. The van der Waals surface area contributed by atoms with E-state index in [-0.39, 0.29) is 30.7 Å². The lowest BCUT2D eigenvalue weighted by molar-refractivity contribution is -0.141. The van der Waals surface area contributed by atoms with Gasteiger partial charge in [0.2, 0.25) is 21.8 Å². The highest BCUT2D eigenvalue weighted by Crippen LogP contribution is 2.46. The summed E-state index contributed by atoms with van der Waals surface area (Å²) in [6.07, 6.45) is 7.95. The summed E-state index contributed by atoms with van der Waals surface area (Å²) in [5.41, 5.74) is -0.662. The Kier molecular flexibility index (Phi) is 11.6. The fraction of sp³-hybridized carbons (Fsp3) is 0.639. The van der Waals surface area contributed by atoms with E-state index >= 15 is 0 Å². The lowest BCUT2D eigenvalue weighted by Gasteiger charge is -2.31. The van der Waals surface area contributed by atoms with Gasteiger partial charge >= 0.3 is 6.09 Å². The first-order chi connectivity index (χ1) is 23.6. The fourth-order valence-electron chi connectivity index (χ4n) is 6.73. The normalized spacial score (nSPS) is 28.1. The molecule has 0 radical (unpaired) electrons. The van der Waals surface area contributed by atoms with E-state index in [0.29, 0.717) is 37.2 Å². The molecular weight excluding hydrogens is 679 g/mol. The summed E-state index contributed by atoms with van der Waals surface area (Å²) in [6, 6.07) is 7.68. The summed E-state index contributed by atoms with van der Waals surface area (Å²) < 4.78 is 33.6. The zero-order valence-electron chi connectivity index (χ0n) is 29.5. The molecule has 3 N–H and O–H groups in total. The zero-order valence-corrected chi connectivity index (χ0v) is 31.1. The number of nitrogens with zero attached hydrogens (tertiary/aromatic N) is 2. The molecule has 0 spiro atoms. The molecule has 4 aliphatic rings. The molecule has 2 aliphatic heterocycles. The Labute approximate surface area is 301 Å². The van der Waals surface area contributed by atoms with Crippen LogP contribution in [0.25, 0.3) is 0 Å². The van der Waals surface area contributed by atoms with Gasteiger partial charge in [-0.25, -0.2) is 13.2 Å². The third-order valence-corrected chi connectivity index (χ3v) is 11.8. The lowest BCUT2D eigenvalue weighted by Crippen LogP contribution is -2.58. The summed E-state index contributed by atoms with van der Waals surface area (Å²) in [5.74, 6) is -2.12. The minimum absolute atomic E-state index is 0.0141. The Morgan fingerprint density at radius 1 is 1.10 bits per heavy atom. The molecule has 12 nitrogen and oxygen atoms in total. The van der Waals surface area contributed by atoms with Crippen molar-refractivity contribution < 1.29 is 32.3 Å². The van der Waals surface area contributed by atoms with Crippen molar-refractivity contribution in [3.63, 3.8) is 0 Å². The number of nitrogens with one attached hydrogen (secondary N) is 3. The van der Waals surface area contributed by atoms with Gasteiger partial charge in [0.1, 0.15) is 23.7 Å². The van der Waals surface area contributed by atoms with Crippen molar-refractivity contribution in [3.8, 4) is 0 Å². The highest BCUT2D eigenvalue weighted by atomic mass is 32.2. The molecule has 5 atom stereocenters. The van der Waals surface area contributed by atoms with Crippen LogP contribution in [-0.2, 0) is 35.7 Å². The summed E-state index contributed by atoms with van der Waals surface area (Å²) in [4.78, 5) is 58.8. The molecule has 2 heterocycles. The van der Waals surface area contributed by atoms with E-state index < -0.39 is 62.8 Å². The van der Waals surface area contributed by atoms with Crippen LogP contribution < -0.4 is 15.4 Å².